The van der Waals surface area contributed by atoms with Gasteiger partial charge in [0.25, 0.3) is 0 Å². The molecule has 0 aliphatic heterocycles. The molecule has 1 aromatic carbocycles. The summed E-state index contributed by atoms with van der Waals surface area (Å²) in [5.74, 6) is 1.06. The maximum atomic E-state index is 8.88. The van der Waals surface area contributed by atoms with E-state index in [1.165, 1.54) is 0 Å². The monoisotopic (exact) mass is 166 g/mol. The third kappa shape index (κ3) is 1.98. The first-order chi connectivity index (χ1) is 5.77. The van der Waals surface area contributed by atoms with E-state index in [-0.39, 0.29) is 12.5 Å². The first kappa shape index (κ1) is 9.07. The number of hydrogen-bond acceptors (Lipinski definition) is 2. The highest BCUT2D eigenvalue weighted by Crippen LogP contribution is 2.18. The summed E-state index contributed by atoms with van der Waals surface area (Å²) in [6.45, 7) is 2.17. The Morgan fingerprint density at radius 2 is 1.92 bits per heavy atom. The molecule has 1 aromatic rings. The van der Waals surface area contributed by atoms with E-state index in [1.54, 1.807) is 7.11 Å². The van der Waals surface area contributed by atoms with Crippen molar-refractivity contribution in [2.45, 2.75) is 12.8 Å². The highest BCUT2D eigenvalue weighted by Gasteiger charge is 2.02. The molecule has 0 heterocycles. The van der Waals surface area contributed by atoms with Crippen LogP contribution >= 0.6 is 0 Å². The number of benzene rings is 1. The lowest BCUT2D eigenvalue weighted by Crippen LogP contribution is -1.98. The molecule has 2 nitrogen and oxygen atoms in total. The maximum absolute atomic E-state index is 8.88. The third-order valence-corrected chi connectivity index (χ3v) is 1.96. The Labute approximate surface area is 72.8 Å². The molecule has 1 N–H and O–H groups in total. The minimum absolute atomic E-state index is 0.187. The molecular weight excluding hydrogens is 152 g/mol. The van der Waals surface area contributed by atoms with E-state index in [0.717, 1.165) is 11.3 Å². The maximum Gasteiger partial charge on any atom is 0.118 e. The summed E-state index contributed by atoms with van der Waals surface area (Å²) >= 11 is 0. The molecule has 12 heavy (non-hydrogen) atoms. The summed E-state index contributed by atoms with van der Waals surface area (Å²) in [7, 11) is 1.64. The first-order valence-electron chi connectivity index (χ1n) is 4.02. The van der Waals surface area contributed by atoms with Crippen LogP contribution in [0.15, 0.2) is 24.3 Å². The Balaban J connectivity index is 2.77. The van der Waals surface area contributed by atoms with Crippen LogP contribution in [0.3, 0.4) is 0 Å². The van der Waals surface area contributed by atoms with Crippen LogP contribution in [-0.2, 0) is 0 Å². The summed E-state index contributed by atoms with van der Waals surface area (Å²) in [6, 6.07) is 7.75. The molecule has 0 amide bonds. The van der Waals surface area contributed by atoms with E-state index in [4.69, 9.17) is 9.84 Å². The zero-order chi connectivity index (χ0) is 8.97. The second-order valence-electron chi connectivity index (χ2n) is 2.86. The Morgan fingerprint density at radius 1 is 1.33 bits per heavy atom. The molecule has 66 valence electrons. The molecule has 0 fully saturated rings. The lowest BCUT2D eigenvalue weighted by atomic mass is 10.0. The van der Waals surface area contributed by atoms with E-state index in [1.807, 2.05) is 31.2 Å². The number of rotatable bonds is 3. The molecule has 0 aliphatic carbocycles. The average Bonchev–Trinajstić information content (AvgIpc) is 2.17. The summed E-state index contributed by atoms with van der Waals surface area (Å²) in [5.41, 5.74) is 1.14. The van der Waals surface area contributed by atoms with Crippen molar-refractivity contribution in [3.8, 4) is 5.75 Å². The molecule has 2 heteroatoms. The van der Waals surface area contributed by atoms with Crippen LogP contribution in [0.2, 0.25) is 0 Å². The van der Waals surface area contributed by atoms with Crippen LogP contribution < -0.4 is 4.74 Å². The fourth-order valence-corrected chi connectivity index (χ4v) is 1.04. The van der Waals surface area contributed by atoms with Crippen molar-refractivity contribution in [3.05, 3.63) is 29.8 Å². The SMILES string of the molecule is COc1ccc(C(C)CO)cc1. The number of methoxy groups -OCH3 is 1. The van der Waals surface area contributed by atoms with Crippen LogP contribution in [0.4, 0.5) is 0 Å². The first-order valence-corrected chi connectivity index (χ1v) is 4.02. The molecule has 1 rings (SSSR count). The fourth-order valence-electron chi connectivity index (χ4n) is 1.04. The minimum atomic E-state index is 0.187. The van der Waals surface area contributed by atoms with Gasteiger partial charge in [-0.2, -0.15) is 0 Å². The summed E-state index contributed by atoms with van der Waals surface area (Å²) in [6.07, 6.45) is 0. The summed E-state index contributed by atoms with van der Waals surface area (Å²) in [4.78, 5) is 0. The second kappa shape index (κ2) is 4.12. The van der Waals surface area contributed by atoms with Crippen molar-refractivity contribution < 1.29 is 9.84 Å². The van der Waals surface area contributed by atoms with Gasteiger partial charge < -0.3 is 9.84 Å². The summed E-state index contributed by atoms with van der Waals surface area (Å²) < 4.78 is 5.02. The van der Waals surface area contributed by atoms with Crippen LogP contribution in [0.1, 0.15) is 18.4 Å². The molecule has 1 unspecified atom stereocenters. The Morgan fingerprint density at radius 3 is 2.33 bits per heavy atom. The van der Waals surface area contributed by atoms with Gasteiger partial charge in [0.05, 0.1) is 7.11 Å². The predicted molar refractivity (Wildman–Crippen MR) is 48.5 cm³/mol. The zero-order valence-corrected chi connectivity index (χ0v) is 7.45. The van der Waals surface area contributed by atoms with Crippen molar-refractivity contribution in [3.63, 3.8) is 0 Å². The second-order valence-corrected chi connectivity index (χ2v) is 2.86. The van der Waals surface area contributed by atoms with E-state index < -0.39 is 0 Å². The quantitative estimate of drug-likeness (QED) is 0.741. The molecule has 0 aliphatic rings. The number of ether oxygens (including phenoxy) is 1. The van der Waals surface area contributed by atoms with E-state index >= 15 is 0 Å². The lowest BCUT2D eigenvalue weighted by molar-refractivity contribution is 0.273. The normalized spacial score (nSPS) is 12.6. The lowest BCUT2D eigenvalue weighted by Gasteiger charge is -2.08. The minimum Gasteiger partial charge on any atom is -0.497 e. The number of aliphatic hydroxyl groups excluding tert-OH is 1. The van der Waals surface area contributed by atoms with Crippen molar-refractivity contribution in [2.24, 2.45) is 0 Å². The highest BCUT2D eigenvalue weighted by atomic mass is 16.5. The largest absolute Gasteiger partial charge is 0.497 e. The van der Waals surface area contributed by atoms with Gasteiger partial charge >= 0.3 is 0 Å². The topological polar surface area (TPSA) is 29.5 Å². The molecule has 0 aromatic heterocycles. The van der Waals surface area contributed by atoms with Crippen LogP contribution in [0.25, 0.3) is 0 Å². The van der Waals surface area contributed by atoms with E-state index in [0.29, 0.717) is 0 Å². The number of aliphatic hydroxyl groups is 1. The van der Waals surface area contributed by atoms with Crippen molar-refractivity contribution >= 4 is 0 Å². The van der Waals surface area contributed by atoms with Gasteiger partial charge in [-0.15, -0.1) is 0 Å². The van der Waals surface area contributed by atoms with Gasteiger partial charge in [0.2, 0.25) is 0 Å². The molecule has 0 bridgehead atoms. The molecule has 0 spiro atoms. The van der Waals surface area contributed by atoms with Gasteiger partial charge in [-0.05, 0) is 17.7 Å². The molecule has 0 radical (unpaired) electrons. The Kier molecular flexibility index (Phi) is 3.11. The standard InChI is InChI=1S/C10H14O2/c1-8(7-11)9-3-5-10(12-2)6-4-9/h3-6,8,11H,7H2,1-2H3. The molecular formula is C10H14O2. The molecule has 0 saturated heterocycles. The van der Waals surface area contributed by atoms with E-state index in [2.05, 4.69) is 0 Å². The van der Waals surface area contributed by atoms with E-state index in [9.17, 15) is 0 Å². The predicted octanol–water partition coefficient (Wildman–Crippen LogP) is 1.79. The molecule has 0 saturated carbocycles. The van der Waals surface area contributed by atoms with Gasteiger partial charge in [0, 0.05) is 12.5 Å². The van der Waals surface area contributed by atoms with Crippen molar-refractivity contribution in [1.29, 1.82) is 0 Å². The van der Waals surface area contributed by atoms with Gasteiger partial charge in [0.15, 0.2) is 0 Å². The van der Waals surface area contributed by atoms with Gasteiger partial charge in [-0.1, -0.05) is 19.1 Å². The van der Waals surface area contributed by atoms with Crippen molar-refractivity contribution in [2.75, 3.05) is 13.7 Å². The van der Waals surface area contributed by atoms with Crippen LogP contribution in [-0.4, -0.2) is 18.8 Å². The van der Waals surface area contributed by atoms with Gasteiger partial charge in [-0.25, -0.2) is 0 Å². The fraction of sp³-hybridized carbons (Fsp3) is 0.400. The molecule has 1 atom stereocenters. The number of hydrogen-bond donors (Lipinski definition) is 1. The van der Waals surface area contributed by atoms with Crippen LogP contribution in [0, 0.1) is 0 Å². The average molecular weight is 166 g/mol. The Bertz CT molecular complexity index is 228. The summed E-state index contributed by atoms with van der Waals surface area (Å²) in [5, 5.41) is 8.88. The zero-order valence-electron chi connectivity index (χ0n) is 7.45. The smallest absolute Gasteiger partial charge is 0.118 e. The van der Waals surface area contributed by atoms with Gasteiger partial charge in [-0.3, -0.25) is 0 Å². The highest BCUT2D eigenvalue weighted by molar-refractivity contribution is 5.28. The third-order valence-electron chi connectivity index (χ3n) is 1.96. The Hall–Kier alpha value is -1.02. The van der Waals surface area contributed by atoms with Crippen molar-refractivity contribution in [1.82, 2.24) is 0 Å². The van der Waals surface area contributed by atoms with Gasteiger partial charge in [0.1, 0.15) is 5.75 Å². The van der Waals surface area contributed by atoms with Crippen LogP contribution in [0.5, 0.6) is 5.75 Å².